The van der Waals surface area contributed by atoms with Crippen LogP contribution in [0.25, 0.3) is 16.9 Å². The van der Waals surface area contributed by atoms with Crippen molar-refractivity contribution in [2.75, 3.05) is 31.3 Å². The molecule has 0 aliphatic heterocycles. The normalized spacial score (nSPS) is 10.9. The van der Waals surface area contributed by atoms with E-state index in [4.69, 9.17) is 10.5 Å². The Morgan fingerprint density at radius 1 is 1.29 bits per heavy atom. The van der Waals surface area contributed by atoms with E-state index in [-0.39, 0.29) is 0 Å². The lowest BCUT2D eigenvalue weighted by molar-refractivity contribution is 0.210. The molecule has 2 aromatic heterocycles. The highest BCUT2D eigenvalue weighted by molar-refractivity contribution is 5.67. The largest absolute Gasteiger partial charge is 0.399 e. The summed E-state index contributed by atoms with van der Waals surface area (Å²) in [5.41, 5.74) is 9.26. The van der Waals surface area contributed by atoms with Crippen LogP contribution < -0.4 is 11.1 Å². The van der Waals surface area contributed by atoms with Gasteiger partial charge >= 0.3 is 0 Å². The first-order chi connectivity index (χ1) is 10.3. The lowest BCUT2D eigenvalue weighted by Crippen LogP contribution is -2.10. The zero-order chi connectivity index (χ0) is 14.7. The van der Waals surface area contributed by atoms with Crippen molar-refractivity contribution in [1.29, 1.82) is 0 Å². The van der Waals surface area contributed by atoms with Crippen molar-refractivity contribution in [2.24, 2.45) is 0 Å². The lowest BCUT2D eigenvalue weighted by atomic mass is 10.1. The molecule has 0 aliphatic carbocycles. The van der Waals surface area contributed by atoms with Crippen molar-refractivity contribution in [2.45, 2.75) is 0 Å². The first-order valence-corrected chi connectivity index (χ1v) is 6.71. The molecule has 1 aromatic carbocycles. The van der Waals surface area contributed by atoms with Gasteiger partial charge in [-0.05, 0) is 24.3 Å². The molecule has 0 bridgehead atoms. The molecule has 0 saturated carbocycles. The average Bonchev–Trinajstić information content (AvgIpc) is 2.91. The standard InChI is InChI=1S/C15H17N5O/c1-21-8-7-17-14-5-6-15-18-10-13(20(15)19-14)11-3-2-4-12(16)9-11/h2-6,9-10H,7-8,16H2,1H3,(H,17,19). The Labute approximate surface area is 122 Å². The van der Waals surface area contributed by atoms with E-state index in [1.807, 2.05) is 40.9 Å². The van der Waals surface area contributed by atoms with Crippen LogP contribution in [0, 0.1) is 0 Å². The molecule has 0 radical (unpaired) electrons. The summed E-state index contributed by atoms with van der Waals surface area (Å²) in [7, 11) is 1.67. The number of hydrogen-bond acceptors (Lipinski definition) is 5. The second-order valence-electron chi connectivity index (χ2n) is 4.68. The number of nitrogens with one attached hydrogen (secondary N) is 1. The van der Waals surface area contributed by atoms with Crippen LogP contribution in [0.2, 0.25) is 0 Å². The van der Waals surface area contributed by atoms with Gasteiger partial charge in [0.05, 0.1) is 18.5 Å². The van der Waals surface area contributed by atoms with Crippen molar-refractivity contribution in [1.82, 2.24) is 14.6 Å². The van der Waals surface area contributed by atoms with Gasteiger partial charge in [-0.1, -0.05) is 12.1 Å². The zero-order valence-corrected chi connectivity index (χ0v) is 11.8. The number of hydrogen-bond donors (Lipinski definition) is 2. The molecule has 21 heavy (non-hydrogen) atoms. The molecule has 3 aromatic rings. The summed E-state index contributed by atoms with van der Waals surface area (Å²) in [6.07, 6.45) is 1.80. The Morgan fingerprint density at radius 3 is 3.00 bits per heavy atom. The van der Waals surface area contributed by atoms with Crippen LogP contribution in [0.5, 0.6) is 0 Å². The van der Waals surface area contributed by atoms with Gasteiger partial charge in [0.1, 0.15) is 5.82 Å². The highest BCUT2D eigenvalue weighted by Crippen LogP contribution is 2.22. The van der Waals surface area contributed by atoms with Crippen LogP contribution in [-0.4, -0.2) is 34.9 Å². The van der Waals surface area contributed by atoms with Crippen LogP contribution >= 0.6 is 0 Å². The predicted octanol–water partition coefficient (Wildman–Crippen LogP) is 2.04. The fraction of sp³-hybridized carbons (Fsp3) is 0.200. The number of anilines is 2. The highest BCUT2D eigenvalue weighted by atomic mass is 16.5. The maximum atomic E-state index is 5.84. The summed E-state index contributed by atoms with van der Waals surface area (Å²) in [6, 6.07) is 11.5. The number of ether oxygens (including phenoxy) is 1. The maximum absolute atomic E-state index is 5.84. The quantitative estimate of drug-likeness (QED) is 0.553. The van der Waals surface area contributed by atoms with Gasteiger partial charge in [0.15, 0.2) is 5.65 Å². The number of nitrogen functional groups attached to an aromatic ring is 1. The molecular formula is C15H17N5O. The number of nitrogens with two attached hydrogens (primary N) is 1. The molecular weight excluding hydrogens is 266 g/mol. The number of benzene rings is 1. The molecule has 0 fully saturated rings. The maximum Gasteiger partial charge on any atom is 0.154 e. The van der Waals surface area contributed by atoms with E-state index < -0.39 is 0 Å². The predicted molar refractivity (Wildman–Crippen MR) is 83.2 cm³/mol. The molecule has 0 aliphatic rings. The van der Waals surface area contributed by atoms with Gasteiger partial charge in [-0.3, -0.25) is 0 Å². The number of rotatable bonds is 5. The number of imidazole rings is 1. The van der Waals surface area contributed by atoms with Gasteiger partial charge in [0, 0.05) is 24.9 Å². The Bertz CT molecular complexity index is 753. The topological polar surface area (TPSA) is 77.5 Å². The minimum absolute atomic E-state index is 0.631. The molecule has 6 nitrogen and oxygen atoms in total. The monoisotopic (exact) mass is 283 g/mol. The second-order valence-corrected chi connectivity index (χ2v) is 4.68. The first kappa shape index (κ1) is 13.4. The van der Waals surface area contributed by atoms with E-state index in [0.717, 1.165) is 28.4 Å². The third-order valence-electron chi connectivity index (χ3n) is 3.16. The summed E-state index contributed by atoms with van der Waals surface area (Å²) in [5.74, 6) is 0.780. The first-order valence-electron chi connectivity index (χ1n) is 6.71. The van der Waals surface area contributed by atoms with Crippen molar-refractivity contribution in [3.8, 4) is 11.3 Å². The summed E-state index contributed by atoms with van der Waals surface area (Å²) in [6.45, 7) is 1.34. The molecule has 0 unspecified atom stereocenters. The molecule has 108 valence electrons. The summed E-state index contributed by atoms with van der Waals surface area (Å²) in [4.78, 5) is 4.37. The van der Waals surface area contributed by atoms with Gasteiger partial charge in [-0.15, -0.1) is 5.10 Å². The SMILES string of the molecule is COCCNc1ccc2ncc(-c3cccc(N)c3)n2n1. The number of aromatic nitrogens is 3. The van der Waals surface area contributed by atoms with Crippen molar-refractivity contribution < 1.29 is 4.74 Å². The molecule has 0 amide bonds. The van der Waals surface area contributed by atoms with Crippen molar-refractivity contribution >= 4 is 17.2 Å². The minimum Gasteiger partial charge on any atom is -0.399 e. The minimum atomic E-state index is 0.631. The molecule has 3 rings (SSSR count). The fourth-order valence-corrected chi connectivity index (χ4v) is 2.14. The Kier molecular flexibility index (Phi) is 3.70. The van der Waals surface area contributed by atoms with Crippen LogP contribution in [0.15, 0.2) is 42.6 Å². The Balaban J connectivity index is 1.97. The third kappa shape index (κ3) is 2.80. The van der Waals surface area contributed by atoms with E-state index in [0.29, 0.717) is 13.2 Å². The van der Waals surface area contributed by atoms with Gasteiger partial charge in [-0.2, -0.15) is 0 Å². The number of fused-ring (bicyclic) bond motifs is 1. The third-order valence-corrected chi connectivity index (χ3v) is 3.16. The van der Waals surface area contributed by atoms with E-state index >= 15 is 0 Å². The van der Waals surface area contributed by atoms with Crippen molar-refractivity contribution in [3.63, 3.8) is 0 Å². The molecule has 6 heteroatoms. The van der Waals surface area contributed by atoms with Crippen LogP contribution in [0.3, 0.4) is 0 Å². The Hall–Kier alpha value is -2.60. The number of nitrogens with zero attached hydrogens (tertiary/aromatic N) is 3. The van der Waals surface area contributed by atoms with Gasteiger partial charge in [0.25, 0.3) is 0 Å². The van der Waals surface area contributed by atoms with E-state index in [1.165, 1.54) is 0 Å². The summed E-state index contributed by atoms with van der Waals surface area (Å²) < 4.78 is 6.83. The number of methoxy groups -OCH3 is 1. The van der Waals surface area contributed by atoms with Crippen LogP contribution in [-0.2, 0) is 4.74 Å². The molecule has 2 heterocycles. The smallest absolute Gasteiger partial charge is 0.154 e. The summed E-state index contributed by atoms with van der Waals surface area (Å²) >= 11 is 0. The molecule has 0 spiro atoms. The fourth-order valence-electron chi connectivity index (χ4n) is 2.14. The zero-order valence-electron chi connectivity index (χ0n) is 11.8. The summed E-state index contributed by atoms with van der Waals surface area (Å²) in [5, 5.41) is 7.77. The van der Waals surface area contributed by atoms with Gasteiger partial charge in [-0.25, -0.2) is 9.50 Å². The van der Waals surface area contributed by atoms with E-state index in [2.05, 4.69) is 15.4 Å². The van der Waals surface area contributed by atoms with E-state index in [1.54, 1.807) is 13.3 Å². The highest BCUT2D eigenvalue weighted by Gasteiger charge is 2.08. The van der Waals surface area contributed by atoms with Gasteiger partial charge in [0.2, 0.25) is 0 Å². The van der Waals surface area contributed by atoms with Gasteiger partial charge < -0.3 is 15.8 Å². The van der Waals surface area contributed by atoms with E-state index in [9.17, 15) is 0 Å². The average molecular weight is 283 g/mol. The van der Waals surface area contributed by atoms with Crippen molar-refractivity contribution in [3.05, 3.63) is 42.6 Å². The molecule has 3 N–H and O–H groups in total. The molecule has 0 atom stereocenters. The van der Waals surface area contributed by atoms with Crippen LogP contribution in [0.1, 0.15) is 0 Å². The second kappa shape index (κ2) is 5.80. The van der Waals surface area contributed by atoms with Crippen LogP contribution in [0.4, 0.5) is 11.5 Å². The molecule has 0 saturated heterocycles. The Morgan fingerprint density at radius 2 is 2.19 bits per heavy atom. The lowest BCUT2D eigenvalue weighted by Gasteiger charge is -2.07.